The first-order chi connectivity index (χ1) is 14.4. The van der Waals surface area contributed by atoms with Gasteiger partial charge in [-0.25, -0.2) is 4.79 Å². The van der Waals surface area contributed by atoms with Gasteiger partial charge in [-0.15, -0.1) is 11.3 Å². The van der Waals surface area contributed by atoms with Crippen LogP contribution in [0.15, 0.2) is 30.3 Å². The van der Waals surface area contributed by atoms with Crippen LogP contribution in [0, 0.1) is 6.92 Å². The van der Waals surface area contributed by atoms with Crippen molar-refractivity contribution in [3.05, 3.63) is 56.8 Å². The van der Waals surface area contributed by atoms with Gasteiger partial charge in [-0.3, -0.25) is 19.7 Å². The molecule has 1 aromatic carbocycles. The lowest BCUT2D eigenvalue weighted by Gasteiger charge is -2.29. The highest BCUT2D eigenvalue weighted by atomic mass is 32.1. The highest BCUT2D eigenvalue weighted by Gasteiger charge is 2.39. The molecule has 1 unspecified atom stereocenters. The number of urea groups is 1. The Morgan fingerprint density at radius 2 is 1.97 bits per heavy atom. The molecule has 1 aromatic heterocycles. The number of benzene rings is 1. The molecule has 3 N–H and O–H groups in total. The van der Waals surface area contributed by atoms with Crippen LogP contribution in [0.25, 0.3) is 0 Å². The Hall–Kier alpha value is -3.20. The standard InChI is InChI=1S/C21H22N4O4S/c1-12-2-5-15(30-12)10-23-21(29)22-9-13-3-4-14-11-25(20(28)16(14)8-13)17-6-7-18(26)24-19(17)27/h2-5,8,17H,6-7,9-11H2,1H3,(H2,22,23,29)(H,24,26,27). The number of carbonyl (C=O) groups is 4. The number of fused-ring (bicyclic) bond motifs is 1. The molecule has 2 aromatic rings. The summed E-state index contributed by atoms with van der Waals surface area (Å²) >= 11 is 1.64. The van der Waals surface area contributed by atoms with Gasteiger partial charge >= 0.3 is 6.03 Å². The normalized spacial score (nSPS) is 18.2. The molecule has 1 saturated heterocycles. The average Bonchev–Trinajstić information content (AvgIpc) is 3.28. The monoisotopic (exact) mass is 426 g/mol. The first-order valence-corrected chi connectivity index (χ1v) is 10.6. The zero-order valence-corrected chi connectivity index (χ0v) is 17.3. The van der Waals surface area contributed by atoms with Gasteiger partial charge < -0.3 is 15.5 Å². The SMILES string of the molecule is Cc1ccc(CNC(=O)NCc2ccc3c(c2)C(=O)N(C2CCC(=O)NC2=O)C3)s1. The topological polar surface area (TPSA) is 108 Å². The van der Waals surface area contributed by atoms with Crippen LogP contribution in [0.4, 0.5) is 4.79 Å². The van der Waals surface area contributed by atoms with E-state index < -0.39 is 11.9 Å². The minimum absolute atomic E-state index is 0.223. The molecule has 0 saturated carbocycles. The molecule has 1 fully saturated rings. The summed E-state index contributed by atoms with van der Waals surface area (Å²) in [6, 6.07) is 8.56. The second-order valence-corrected chi connectivity index (χ2v) is 8.81. The van der Waals surface area contributed by atoms with E-state index in [2.05, 4.69) is 16.0 Å². The molecule has 0 aliphatic carbocycles. The van der Waals surface area contributed by atoms with E-state index in [1.165, 1.54) is 9.78 Å². The zero-order valence-electron chi connectivity index (χ0n) is 16.5. The number of carbonyl (C=O) groups excluding carboxylic acids is 4. The van der Waals surface area contributed by atoms with Crippen molar-refractivity contribution in [2.45, 2.75) is 45.4 Å². The summed E-state index contributed by atoms with van der Waals surface area (Å²) in [5.41, 5.74) is 2.17. The fourth-order valence-corrected chi connectivity index (χ4v) is 4.53. The van der Waals surface area contributed by atoms with Gasteiger partial charge in [0.1, 0.15) is 6.04 Å². The predicted octanol–water partition coefficient (Wildman–Crippen LogP) is 1.82. The lowest BCUT2D eigenvalue weighted by Crippen LogP contribution is -2.52. The Balaban J connectivity index is 1.34. The van der Waals surface area contributed by atoms with Crippen LogP contribution < -0.4 is 16.0 Å². The number of amides is 5. The van der Waals surface area contributed by atoms with Gasteiger partial charge in [0.2, 0.25) is 11.8 Å². The largest absolute Gasteiger partial charge is 0.334 e. The molecule has 8 nitrogen and oxygen atoms in total. The minimum Gasteiger partial charge on any atom is -0.334 e. The Morgan fingerprint density at radius 3 is 2.70 bits per heavy atom. The fourth-order valence-electron chi connectivity index (χ4n) is 3.70. The lowest BCUT2D eigenvalue weighted by atomic mass is 10.0. The van der Waals surface area contributed by atoms with Crippen LogP contribution in [0.1, 0.15) is 44.1 Å². The van der Waals surface area contributed by atoms with E-state index >= 15 is 0 Å². The van der Waals surface area contributed by atoms with Gasteiger partial charge in [0.15, 0.2) is 0 Å². The van der Waals surface area contributed by atoms with Crippen molar-refractivity contribution in [3.63, 3.8) is 0 Å². The number of hydrogen-bond donors (Lipinski definition) is 3. The van der Waals surface area contributed by atoms with Crippen LogP contribution in [0.3, 0.4) is 0 Å². The van der Waals surface area contributed by atoms with Crippen LogP contribution >= 0.6 is 11.3 Å². The summed E-state index contributed by atoms with van der Waals surface area (Å²) in [6.45, 7) is 3.11. The summed E-state index contributed by atoms with van der Waals surface area (Å²) in [5, 5.41) is 7.91. The number of rotatable bonds is 5. The maximum atomic E-state index is 12.8. The van der Waals surface area contributed by atoms with Gasteiger partial charge in [0.25, 0.3) is 5.91 Å². The Labute approximate surface area is 177 Å². The van der Waals surface area contributed by atoms with Gasteiger partial charge in [0.05, 0.1) is 6.54 Å². The highest BCUT2D eigenvalue weighted by Crippen LogP contribution is 2.28. The molecule has 0 radical (unpaired) electrons. The predicted molar refractivity (Wildman–Crippen MR) is 111 cm³/mol. The summed E-state index contributed by atoms with van der Waals surface area (Å²) in [6.07, 6.45) is 0.564. The Bertz CT molecular complexity index is 1030. The van der Waals surface area contributed by atoms with Crippen LogP contribution in [-0.4, -0.2) is 34.7 Å². The molecule has 4 rings (SSSR count). The first-order valence-electron chi connectivity index (χ1n) is 9.74. The van der Waals surface area contributed by atoms with Crippen molar-refractivity contribution in [2.24, 2.45) is 0 Å². The van der Waals surface area contributed by atoms with E-state index in [-0.39, 0.29) is 30.8 Å². The third-order valence-electron chi connectivity index (χ3n) is 5.26. The third kappa shape index (κ3) is 4.20. The van der Waals surface area contributed by atoms with Crippen LogP contribution in [0.5, 0.6) is 0 Å². The van der Waals surface area contributed by atoms with Crippen molar-refractivity contribution in [2.75, 3.05) is 0 Å². The number of hydrogen-bond acceptors (Lipinski definition) is 5. The Morgan fingerprint density at radius 1 is 1.17 bits per heavy atom. The van der Waals surface area contributed by atoms with Crippen LogP contribution in [-0.2, 0) is 29.2 Å². The van der Waals surface area contributed by atoms with Gasteiger partial charge in [-0.2, -0.15) is 0 Å². The molecule has 3 heterocycles. The maximum absolute atomic E-state index is 12.8. The molecule has 0 spiro atoms. The molecule has 30 heavy (non-hydrogen) atoms. The number of aryl methyl sites for hydroxylation is 1. The second-order valence-electron chi connectivity index (χ2n) is 7.44. The number of piperidine rings is 1. The third-order valence-corrected chi connectivity index (χ3v) is 6.27. The molecule has 9 heteroatoms. The fraction of sp³-hybridized carbons (Fsp3) is 0.333. The molecule has 0 bridgehead atoms. The molecule has 1 atom stereocenters. The van der Waals surface area contributed by atoms with Gasteiger partial charge in [-0.05, 0) is 42.7 Å². The summed E-state index contributed by atoms with van der Waals surface area (Å²) in [5.74, 6) is -0.952. The first kappa shape index (κ1) is 20.1. The van der Waals surface area contributed by atoms with Crippen molar-refractivity contribution >= 4 is 35.1 Å². The smallest absolute Gasteiger partial charge is 0.315 e. The van der Waals surface area contributed by atoms with E-state index in [1.54, 1.807) is 17.4 Å². The van der Waals surface area contributed by atoms with Crippen LogP contribution in [0.2, 0.25) is 0 Å². The van der Waals surface area contributed by atoms with E-state index in [9.17, 15) is 19.2 Å². The average molecular weight is 426 g/mol. The van der Waals surface area contributed by atoms with E-state index in [1.807, 2.05) is 31.2 Å². The van der Waals surface area contributed by atoms with E-state index in [0.717, 1.165) is 16.0 Å². The minimum atomic E-state index is -0.629. The lowest BCUT2D eigenvalue weighted by molar-refractivity contribution is -0.136. The molecule has 2 aliphatic rings. The zero-order chi connectivity index (χ0) is 21.3. The number of thiophene rings is 1. The van der Waals surface area contributed by atoms with E-state index in [4.69, 9.17) is 0 Å². The quantitative estimate of drug-likeness (QED) is 0.634. The van der Waals surface area contributed by atoms with Crippen molar-refractivity contribution < 1.29 is 19.2 Å². The van der Waals surface area contributed by atoms with Gasteiger partial charge in [-0.1, -0.05) is 12.1 Å². The summed E-state index contributed by atoms with van der Waals surface area (Å²) in [7, 11) is 0. The number of nitrogens with zero attached hydrogens (tertiary/aromatic N) is 1. The summed E-state index contributed by atoms with van der Waals surface area (Å²) in [4.78, 5) is 52.2. The Kier molecular flexibility index (Phi) is 5.54. The number of imide groups is 1. The maximum Gasteiger partial charge on any atom is 0.315 e. The summed E-state index contributed by atoms with van der Waals surface area (Å²) < 4.78 is 0. The van der Waals surface area contributed by atoms with Crippen molar-refractivity contribution in [3.8, 4) is 0 Å². The van der Waals surface area contributed by atoms with Crippen molar-refractivity contribution in [1.29, 1.82) is 0 Å². The van der Waals surface area contributed by atoms with Crippen molar-refractivity contribution in [1.82, 2.24) is 20.9 Å². The molecule has 156 valence electrons. The van der Waals surface area contributed by atoms with Gasteiger partial charge in [0, 0.05) is 34.8 Å². The highest BCUT2D eigenvalue weighted by molar-refractivity contribution is 7.11. The van der Waals surface area contributed by atoms with E-state index in [0.29, 0.717) is 25.1 Å². The molecular weight excluding hydrogens is 404 g/mol. The molecule has 2 aliphatic heterocycles. The molecular formula is C21H22N4O4S. The second kappa shape index (κ2) is 8.27. The molecule has 5 amide bonds. The number of nitrogens with one attached hydrogen (secondary N) is 3.